The lowest BCUT2D eigenvalue weighted by Gasteiger charge is -2.38. The topological polar surface area (TPSA) is 83.6 Å². The molecule has 3 rings (SSSR count). The first-order valence-corrected chi connectivity index (χ1v) is 9.54. The van der Waals surface area contributed by atoms with Gasteiger partial charge in [-0.25, -0.2) is 4.98 Å². The first kappa shape index (κ1) is 18.6. The lowest BCUT2D eigenvalue weighted by Crippen LogP contribution is -2.60. The van der Waals surface area contributed by atoms with Crippen molar-refractivity contribution in [1.82, 2.24) is 15.2 Å². The van der Waals surface area contributed by atoms with Crippen LogP contribution in [0.15, 0.2) is 12.1 Å². The molecule has 0 unspecified atom stereocenters. The second-order valence-corrected chi connectivity index (χ2v) is 6.96. The molecule has 2 N–H and O–H groups in total. The summed E-state index contributed by atoms with van der Waals surface area (Å²) in [6.07, 6.45) is 4.35. The van der Waals surface area contributed by atoms with E-state index in [0.29, 0.717) is 32.7 Å². The fourth-order valence-corrected chi connectivity index (χ4v) is 3.42. The van der Waals surface area contributed by atoms with E-state index >= 15 is 0 Å². The van der Waals surface area contributed by atoms with Gasteiger partial charge in [0.25, 0.3) is 0 Å². The van der Waals surface area contributed by atoms with Crippen LogP contribution < -0.4 is 10.6 Å². The molecule has 3 heterocycles. The van der Waals surface area contributed by atoms with Crippen molar-refractivity contribution < 1.29 is 14.3 Å². The number of fused-ring (bicyclic) bond motifs is 1. The van der Waals surface area contributed by atoms with E-state index in [1.165, 1.54) is 5.56 Å². The Morgan fingerprint density at radius 1 is 1.38 bits per heavy atom. The van der Waals surface area contributed by atoms with E-state index in [-0.39, 0.29) is 17.9 Å². The first-order chi connectivity index (χ1) is 12.6. The zero-order valence-corrected chi connectivity index (χ0v) is 15.4. The highest BCUT2D eigenvalue weighted by Gasteiger charge is 2.29. The van der Waals surface area contributed by atoms with Crippen molar-refractivity contribution >= 4 is 17.7 Å². The van der Waals surface area contributed by atoms with Crippen molar-refractivity contribution in [2.45, 2.75) is 45.1 Å². The minimum atomic E-state index is -0.204. The Morgan fingerprint density at radius 3 is 3.04 bits per heavy atom. The number of rotatable bonds is 8. The van der Waals surface area contributed by atoms with Gasteiger partial charge < -0.3 is 15.4 Å². The molecule has 0 bridgehead atoms. The average molecular weight is 360 g/mol. The predicted molar refractivity (Wildman–Crippen MR) is 99.0 cm³/mol. The lowest BCUT2D eigenvalue weighted by atomic mass is 10.1. The molecule has 1 aromatic rings. The van der Waals surface area contributed by atoms with Crippen molar-refractivity contribution in [1.29, 1.82) is 0 Å². The summed E-state index contributed by atoms with van der Waals surface area (Å²) in [7, 11) is 0. The number of hydrogen-bond acceptors (Lipinski definition) is 6. The highest BCUT2D eigenvalue weighted by atomic mass is 16.5. The number of nitrogens with zero attached hydrogens (tertiary/aromatic N) is 2. The van der Waals surface area contributed by atoms with Crippen LogP contribution in [0, 0.1) is 0 Å². The minimum absolute atomic E-state index is 0.0712. The average Bonchev–Trinajstić information content (AvgIpc) is 2.60. The summed E-state index contributed by atoms with van der Waals surface area (Å²) in [5.41, 5.74) is 2.32. The Bertz CT molecular complexity index is 644. The Morgan fingerprint density at radius 2 is 2.23 bits per heavy atom. The molecule has 7 heteroatoms. The maximum Gasteiger partial charge on any atom is 0.320 e. The molecule has 1 aromatic heterocycles. The second kappa shape index (κ2) is 8.98. The van der Waals surface area contributed by atoms with Gasteiger partial charge in [0.1, 0.15) is 5.82 Å². The molecule has 1 saturated heterocycles. The number of esters is 1. The number of hydrogen-bond donors (Lipinski definition) is 2. The molecule has 0 aliphatic carbocycles. The third-order valence-corrected chi connectivity index (χ3v) is 4.77. The van der Waals surface area contributed by atoms with Crippen LogP contribution in [0.5, 0.6) is 0 Å². The van der Waals surface area contributed by atoms with Gasteiger partial charge in [0, 0.05) is 31.7 Å². The largest absolute Gasteiger partial charge is 0.465 e. The highest BCUT2D eigenvalue weighted by molar-refractivity contribution is 5.76. The number of carbonyl (C=O) groups is 2. The Kier molecular flexibility index (Phi) is 6.44. The van der Waals surface area contributed by atoms with E-state index < -0.39 is 0 Å². The van der Waals surface area contributed by atoms with Gasteiger partial charge in [-0.05, 0) is 44.2 Å². The summed E-state index contributed by atoms with van der Waals surface area (Å²) in [5.74, 6) is 0.876. The van der Waals surface area contributed by atoms with Gasteiger partial charge in [-0.1, -0.05) is 6.07 Å². The van der Waals surface area contributed by atoms with E-state index in [4.69, 9.17) is 4.74 Å². The second-order valence-electron chi connectivity index (χ2n) is 6.96. The fourth-order valence-electron chi connectivity index (χ4n) is 3.42. The number of pyridine rings is 1. The molecule has 0 radical (unpaired) electrons. The van der Waals surface area contributed by atoms with Gasteiger partial charge in [-0.2, -0.15) is 0 Å². The maximum absolute atomic E-state index is 12.0. The summed E-state index contributed by atoms with van der Waals surface area (Å²) >= 11 is 0. The fraction of sp³-hybridized carbons (Fsp3) is 0.632. The number of amides is 1. The van der Waals surface area contributed by atoms with Crippen LogP contribution in [-0.4, -0.2) is 60.6 Å². The van der Waals surface area contributed by atoms with Crippen molar-refractivity contribution in [3.8, 4) is 0 Å². The normalized spacial score (nSPS) is 17.0. The number of likely N-dealkylation sites (tertiary alicyclic amines) is 1. The first-order valence-electron chi connectivity index (χ1n) is 9.54. The van der Waals surface area contributed by atoms with Crippen LogP contribution in [0.25, 0.3) is 0 Å². The van der Waals surface area contributed by atoms with E-state index in [9.17, 15) is 9.59 Å². The molecule has 7 nitrogen and oxygen atoms in total. The summed E-state index contributed by atoms with van der Waals surface area (Å²) in [5, 5.41) is 6.36. The van der Waals surface area contributed by atoms with E-state index in [1.807, 2.05) is 4.90 Å². The van der Waals surface area contributed by atoms with Gasteiger partial charge >= 0.3 is 5.97 Å². The molecule has 1 amide bonds. The van der Waals surface area contributed by atoms with Gasteiger partial charge in [-0.15, -0.1) is 0 Å². The monoisotopic (exact) mass is 360 g/mol. The minimum Gasteiger partial charge on any atom is -0.465 e. The number of ether oxygens (including phenoxy) is 1. The molecule has 0 atom stereocenters. The SMILES string of the molecule is CCOC(=O)CN1CC(NC(=O)CCCc2ccc3c(n2)NCCC3)C1. The molecular formula is C19H28N4O3. The molecular weight excluding hydrogens is 332 g/mol. The number of nitrogens with one attached hydrogen (secondary N) is 2. The highest BCUT2D eigenvalue weighted by Crippen LogP contribution is 2.20. The standard InChI is InChI=1S/C19H28N4O3/c1-2-26-18(25)13-23-11-16(12-23)21-17(24)7-3-6-15-9-8-14-5-4-10-20-19(14)22-15/h8-9,16H,2-7,10-13H2,1H3,(H,20,22)(H,21,24). The van der Waals surface area contributed by atoms with Gasteiger partial charge in [0.05, 0.1) is 19.2 Å². The predicted octanol–water partition coefficient (Wildman–Crippen LogP) is 1.13. The Balaban J connectivity index is 1.31. The molecule has 0 saturated carbocycles. The van der Waals surface area contributed by atoms with Crippen molar-refractivity contribution in [3.63, 3.8) is 0 Å². The van der Waals surface area contributed by atoms with E-state index in [1.54, 1.807) is 6.92 Å². The number of carbonyl (C=O) groups excluding carboxylic acids is 2. The summed E-state index contributed by atoms with van der Waals surface area (Å²) in [4.78, 5) is 30.1. The van der Waals surface area contributed by atoms with Crippen molar-refractivity contribution in [2.24, 2.45) is 0 Å². The van der Waals surface area contributed by atoms with Crippen molar-refractivity contribution in [3.05, 3.63) is 23.4 Å². The van der Waals surface area contributed by atoms with Crippen LogP contribution >= 0.6 is 0 Å². The van der Waals surface area contributed by atoms with E-state index in [0.717, 1.165) is 43.7 Å². The molecule has 26 heavy (non-hydrogen) atoms. The molecule has 2 aliphatic rings. The maximum atomic E-state index is 12.0. The summed E-state index contributed by atoms with van der Waals surface area (Å²) < 4.78 is 4.92. The number of aryl methyl sites for hydroxylation is 2. The van der Waals surface area contributed by atoms with Gasteiger partial charge in [-0.3, -0.25) is 14.5 Å². The molecule has 142 valence electrons. The zero-order valence-electron chi connectivity index (χ0n) is 15.4. The third kappa shape index (κ3) is 5.17. The van der Waals surface area contributed by atoms with Crippen LogP contribution in [0.1, 0.15) is 37.4 Å². The lowest BCUT2D eigenvalue weighted by molar-refractivity contribution is -0.145. The van der Waals surface area contributed by atoms with Crippen LogP contribution in [0.2, 0.25) is 0 Å². The smallest absolute Gasteiger partial charge is 0.320 e. The third-order valence-electron chi connectivity index (χ3n) is 4.77. The molecule has 2 aliphatic heterocycles. The van der Waals surface area contributed by atoms with Gasteiger partial charge in [0.2, 0.25) is 5.91 Å². The van der Waals surface area contributed by atoms with Crippen LogP contribution in [-0.2, 0) is 27.2 Å². The van der Waals surface area contributed by atoms with Gasteiger partial charge in [0.15, 0.2) is 0 Å². The van der Waals surface area contributed by atoms with E-state index in [2.05, 4.69) is 27.8 Å². The number of anilines is 1. The summed E-state index contributed by atoms with van der Waals surface area (Å²) in [6.45, 7) is 4.92. The van der Waals surface area contributed by atoms with Crippen molar-refractivity contribution in [2.75, 3.05) is 38.1 Å². The quantitative estimate of drug-likeness (QED) is 0.676. The Hall–Kier alpha value is -2.15. The summed E-state index contributed by atoms with van der Waals surface area (Å²) in [6, 6.07) is 4.36. The molecule has 0 aromatic carbocycles. The van der Waals surface area contributed by atoms with Crippen LogP contribution in [0.4, 0.5) is 5.82 Å². The number of aromatic nitrogens is 1. The Labute approximate surface area is 154 Å². The zero-order chi connectivity index (χ0) is 18.4. The van der Waals surface area contributed by atoms with Crippen LogP contribution in [0.3, 0.4) is 0 Å². The molecule has 1 fully saturated rings. The molecule has 0 spiro atoms.